The van der Waals surface area contributed by atoms with Crippen LogP contribution in [-0.4, -0.2) is 64.9 Å². The summed E-state index contributed by atoms with van der Waals surface area (Å²) in [5, 5.41) is 4.35. The predicted molar refractivity (Wildman–Crippen MR) is 109 cm³/mol. The number of anilines is 1. The molecule has 0 amide bonds. The van der Waals surface area contributed by atoms with E-state index in [9.17, 15) is 8.42 Å². The van der Waals surface area contributed by atoms with Gasteiger partial charge in [0, 0.05) is 43.0 Å². The van der Waals surface area contributed by atoms with Gasteiger partial charge in [-0.05, 0) is 32.4 Å². The molecule has 0 saturated carbocycles. The van der Waals surface area contributed by atoms with E-state index in [0.29, 0.717) is 17.2 Å². The normalized spacial score (nSPS) is 20.2. The van der Waals surface area contributed by atoms with Crippen molar-refractivity contribution in [2.75, 3.05) is 25.0 Å². The van der Waals surface area contributed by atoms with Crippen LogP contribution in [0.3, 0.4) is 0 Å². The molecular formula is C19H21N7O2S. The monoisotopic (exact) mass is 411 g/mol. The summed E-state index contributed by atoms with van der Waals surface area (Å²) >= 11 is 0. The first-order valence-corrected chi connectivity index (χ1v) is 10.9. The van der Waals surface area contributed by atoms with Crippen LogP contribution in [0.25, 0.3) is 5.78 Å². The van der Waals surface area contributed by atoms with E-state index in [-0.39, 0.29) is 10.9 Å². The molecule has 29 heavy (non-hydrogen) atoms. The van der Waals surface area contributed by atoms with E-state index in [1.807, 2.05) is 37.9 Å². The molecule has 3 aromatic rings. The maximum absolute atomic E-state index is 12.4. The van der Waals surface area contributed by atoms with Gasteiger partial charge in [-0.15, -0.1) is 4.40 Å². The van der Waals surface area contributed by atoms with Gasteiger partial charge in [-0.25, -0.2) is 4.98 Å². The van der Waals surface area contributed by atoms with Crippen molar-refractivity contribution in [3.8, 4) is 0 Å². The summed E-state index contributed by atoms with van der Waals surface area (Å²) in [7, 11) is -1.71. The number of likely N-dealkylation sites (N-methyl/N-ethyl adjacent to an activating group) is 1. The molecule has 1 unspecified atom stereocenters. The summed E-state index contributed by atoms with van der Waals surface area (Å²) in [5.74, 6) is 2.09. The van der Waals surface area contributed by atoms with Gasteiger partial charge in [-0.2, -0.15) is 23.0 Å². The van der Waals surface area contributed by atoms with Crippen LogP contribution in [0.1, 0.15) is 23.2 Å². The Balaban J connectivity index is 1.47. The van der Waals surface area contributed by atoms with Crippen LogP contribution in [-0.2, 0) is 10.0 Å². The fourth-order valence-electron chi connectivity index (χ4n) is 4.15. The molecule has 1 saturated heterocycles. The zero-order valence-electron chi connectivity index (χ0n) is 16.4. The molecule has 0 bridgehead atoms. The fourth-order valence-corrected chi connectivity index (χ4v) is 5.39. The van der Waals surface area contributed by atoms with Crippen LogP contribution >= 0.6 is 0 Å². The number of hydrogen-bond acceptors (Lipinski definition) is 7. The molecule has 4 heterocycles. The van der Waals surface area contributed by atoms with Gasteiger partial charge in [0.1, 0.15) is 17.0 Å². The average Bonchev–Trinajstić information content (AvgIpc) is 3.41. The van der Waals surface area contributed by atoms with Gasteiger partial charge in [0.05, 0.1) is 0 Å². The molecular weight excluding hydrogens is 390 g/mol. The summed E-state index contributed by atoms with van der Waals surface area (Å²) in [6.45, 7) is 5.58. The highest BCUT2D eigenvalue weighted by atomic mass is 32.2. The number of rotatable bonds is 2. The molecule has 1 fully saturated rings. The Morgan fingerprint density at radius 3 is 2.83 bits per heavy atom. The number of benzene rings is 1. The van der Waals surface area contributed by atoms with E-state index in [0.717, 1.165) is 36.6 Å². The third-order valence-electron chi connectivity index (χ3n) is 5.83. The van der Waals surface area contributed by atoms with Crippen LogP contribution in [0.4, 0.5) is 5.82 Å². The van der Waals surface area contributed by atoms with E-state index in [4.69, 9.17) is 0 Å². The molecule has 2 aliphatic heterocycles. The quantitative estimate of drug-likeness (QED) is 0.629. The molecule has 2 aliphatic rings. The van der Waals surface area contributed by atoms with Crippen molar-refractivity contribution >= 4 is 27.5 Å². The van der Waals surface area contributed by atoms with E-state index < -0.39 is 10.0 Å². The van der Waals surface area contributed by atoms with Crippen molar-refractivity contribution in [2.24, 2.45) is 4.40 Å². The largest absolute Gasteiger partial charge is 0.354 e. The second-order valence-electron chi connectivity index (χ2n) is 7.50. The average molecular weight is 411 g/mol. The fraction of sp³-hybridized carbons (Fsp3) is 0.368. The molecule has 5 rings (SSSR count). The van der Waals surface area contributed by atoms with Crippen molar-refractivity contribution < 1.29 is 8.42 Å². The summed E-state index contributed by atoms with van der Waals surface area (Å²) < 4.78 is 30.7. The lowest BCUT2D eigenvalue weighted by Crippen LogP contribution is -2.39. The number of nitrogens with zero attached hydrogens (tertiary/aromatic N) is 7. The number of amidine groups is 1. The first kappa shape index (κ1) is 18.0. The summed E-state index contributed by atoms with van der Waals surface area (Å²) in [6.07, 6.45) is 2.40. The molecule has 9 nitrogen and oxygen atoms in total. The molecule has 0 radical (unpaired) electrons. The minimum atomic E-state index is -3.63. The van der Waals surface area contributed by atoms with Crippen molar-refractivity contribution in [3.05, 3.63) is 47.4 Å². The predicted octanol–water partition coefficient (Wildman–Crippen LogP) is 1.40. The topological polar surface area (TPSA) is 96.1 Å². The number of fused-ring (bicyclic) bond motifs is 2. The van der Waals surface area contributed by atoms with Gasteiger partial charge >= 0.3 is 0 Å². The molecule has 150 valence electrons. The molecule has 0 N–H and O–H groups in total. The summed E-state index contributed by atoms with van der Waals surface area (Å²) in [4.78, 5) is 13.3. The highest BCUT2D eigenvalue weighted by Gasteiger charge is 2.36. The molecule has 1 aromatic carbocycles. The maximum Gasteiger partial charge on any atom is 0.285 e. The lowest BCUT2D eigenvalue weighted by molar-refractivity contribution is 0.393. The smallest absolute Gasteiger partial charge is 0.285 e. The molecule has 0 aliphatic carbocycles. The van der Waals surface area contributed by atoms with Gasteiger partial charge in [0.25, 0.3) is 15.8 Å². The van der Waals surface area contributed by atoms with Crippen molar-refractivity contribution in [1.29, 1.82) is 0 Å². The zero-order valence-corrected chi connectivity index (χ0v) is 17.3. The lowest BCUT2D eigenvalue weighted by Gasteiger charge is -2.27. The molecule has 1 atom stereocenters. The first-order chi connectivity index (χ1) is 13.9. The summed E-state index contributed by atoms with van der Waals surface area (Å²) in [5.41, 5.74) is 2.66. The van der Waals surface area contributed by atoms with Gasteiger partial charge in [0.2, 0.25) is 0 Å². The highest BCUT2D eigenvalue weighted by Crippen LogP contribution is 2.31. The van der Waals surface area contributed by atoms with E-state index in [2.05, 4.69) is 24.4 Å². The Labute approximate surface area is 168 Å². The Morgan fingerprint density at radius 2 is 2.00 bits per heavy atom. The standard InChI is InChI=1S/C19H21N7O2S/c1-12-13(2)22-19-20-11-21-26(19)18(12)25-9-8-14(10-25)24(3)17-15-6-4-5-7-16(15)29(27,28)23-17/h4-7,11,14H,8-10H2,1-3H3. The van der Waals surface area contributed by atoms with Crippen LogP contribution in [0.5, 0.6) is 0 Å². The lowest BCUT2D eigenvalue weighted by atomic mass is 10.1. The minimum absolute atomic E-state index is 0.126. The van der Waals surface area contributed by atoms with Crippen LogP contribution in [0.15, 0.2) is 39.9 Å². The van der Waals surface area contributed by atoms with Crippen LogP contribution in [0, 0.1) is 13.8 Å². The SMILES string of the molecule is Cc1nc2ncnn2c(N2CCC(N(C)C3=NS(=O)(=O)c4ccccc43)C2)c1C. The second kappa shape index (κ2) is 6.24. The minimum Gasteiger partial charge on any atom is -0.354 e. The third-order valence-corrected chi connectivity index (χ3v) is 7.16. The molecule has 0 spiro atoms. The van der Waals surface area contributed by atoms with Crippen molar-refractivity contribution in [2.45, 2.75) is 31.2 Å². The number of sulfonamides is 1. The number of aromatic nitrogens is 4. The van der Waals surface area contributed by atoms with Gasteiger partial charge in [-0.1, -0.05) is 12.1 Å². The van der Waals surface area contributed by atoms with Crippen molar-refractivity contribution in [3.63, 3.8) is 0 Å². The Bertz CT molecular complexity index is 1260. The Hall–Kier alpha value is -3.01. The first-order valence-electron chi connectivity index (χ1n) is 9.46. The van der Waals surface area contributed by atoms with Crippen molar-refractivity contribution in [1.82, 2.24) is 24.5 Å². The van der Waals surface area contributed by atoms with Gasteiger partial charge < -0.3 is 9.80 Å². The summed E-state index contributed by atoms with van der Waals surface area (Å²) in [6, 6.07) is 7.12. The van der Waals surface area contributed by atoms with Crippen LogP contribution < -0.4 is 4.90 Å². The number of aryl methyl sites for hydroxylation is 1. The Kier molecular flexibility index (Phi) is 3.89. The van der Waals surface area contributed by atoms with E-state index in [1.165, 1.54) is 6.33 Å². The van der Waals surface area contributed by atoms with E-state index >= 15 is 0 Å². The highest BCUT2D eigenvalue weighted by molar-refractivity contribution is 7.90. The Morgan fingerprint density at radius 1 is 1.21 bits per heavy atom. The second-order valence-corrected chi connectivity index (χ2v) is 9.08. The number of hydrogen-bond donors (Lipinski definition) is 0. The van der Waals surface area contributed by atoms with Gasteiger partial charge in [0.15, 0.2) is 5.84 Å². The third kappa shape index (κ3) is 2.70. The maximum atomic E-state index is 12.4. The molecule has 2 aromatic heterocycles. The molecule has 10 heteroatoms. The van der Waals surface area contributed by atoms with Gasteiger partial charge in [-0.3, -0.25) is 0 Å². The van der Waals surface area contributed by atoms with E-state index in [1.54, 1.807) is 16.6 Å². The zero-order chi connectivity index (χ0) is 20.3. The van der Waals surface area contributed by atoms with Crippen LogP contribution in [0.2, 0.25) is 0 Å².